The summed E-state index contributed by atoms with van der Waals surface area (Å²) in [6, 6.07) is -0.802. The molecule has 2 radical (unpaired) electrons. The van der Waals surface area contributed by atoms with Crippen molar-refractivity contribution in [2.75, 3.05) is 13.2 Å². The maximum Gasteiger partial charge on any atom is 0.470 e. The van der Waals surface area contributed by atoms with Crippen molar-refractivity contribution in [3.05, 3.63) is 0 Å². The number of rotatable bonds is 4. The SMILES string of the molecule is O=C1CCN([C@@H]2O[C@H](CO)[C@@H](OP(=O)(O)O)[C@H]2O)C(=O)N1.[Na].[Na]. The Morgan fingerprint density at radius 3 is 2.43 bits per heavy atom. The summed E-state index contributed by atoms with van der Waals surface area (Å²) in [6.45, 7) is -0.709. The first kappa shape index (κ1) is 23.9. The molecule has 2 heterocycles. The van der Waals surface area contributed by atoms with Crippen LogP contribution in [0.3, 0.4) is 0 Å². The molecule has 11 nitrogen and oxygen atoms in total. The molecule has 0 spiro atoms. The Morgan fingerprint density at radius 1 is 1.35 bits per heavy atom. The van der Waals surface area contributed by atoms with Crippen molar-refractivity contribution in [2.24, 2.45) is 0 Å². The number of imide groups is 1. The van der Waals surface area contributed by atoms with Gasteiger partial charge in [0.2, 0.25) is 5.91 Å². The summed E-state index contributed by atoms with van der Waals surface area (Å²) in [7, 11) is -4.92. The zero-order chi connectivity index (χ0) is 15.8. The van der Waals surface area contributed by atoms with E-state index in [2.05, 4.69) is 4.52 Å². The molecule has 122 valence electrons. The smallest absolute Gasteiger partial charge is 0.394 e. The topological polar surface area (TPSA) is 166 Å². The number of amides is 3. The summed E-state index contributed by atoms with van der Waals surface area (Å²) < 4.78 is 20.5. The molecule has 0 aromatic heterocycles. The Labute approximate surface area is 175 Å². The van der Waals surface area contributed by atoms with E-state index in [0.717, 1.165) is 4.90 Å². The molecule has 0 aromatic carbocycles. The van der Waals surface area contributed by atoms with Crippen LogP contribution in [0.2, 0.25) is 0 Å². The molecule has 0 aliphatic carbocycles. The molecular weight excluding hydrogens is 357 g/mol. The van der Waals surface area contributed by atoms with Gasteiger partial charge >= 0.3 is 13.9 Å². The molecular formula is C9H15N2Na2O9P. The van der Waals surface area contributed by atoms with Crippen molar-refractivity contribution in [1.82, 2.24) is 10.2 Å². The number of nitrogens with zero attached hydrogens (tertiary/aromatic N) is 1. The maximum absolute atomic E-state index is 11.7. The van der Waals surface area contributed by atoms with Gasteiger partial charge in [0.1, 0.15) is 18.3 Å². The number of hydrogen-bond acceptors (Lipinski definition) is 7. The van der Waals surface area contributed by atoms with E-state index >= 15 is 0 Å². The van der Waals surface area contributed by atoms with Crippen molar-refractivity contribution in [3.8, 4) is 0 Å². The summed E-state index contributed by atoms with van der Waals surface area (Å²) in [5.74, 6) is -0.481. The number of aliphatic hydroxyl groups excluding tert-OH is 2. The molecule has 14 heteroatoms. The number of phosphoric acid groups is 1. The minimum atomic E-state index is -4.92. The molecule has 0 bridgehead atoms. The monoisotopic (exact) mass is 372 g/mol. The van der Waals surface area contributed by atoms with Gasteiger partial charge in [0, 0.05) is 72.1 Å². The van der Waals surface area contributed by atoms with Gasteiger partial charge in [0.25, 0.3) is 0 Å². The molecule has 4 atom stereocenters. The Hall–Kier alpha value is 0.930. The van der Waals surface area contributed by atoms with Gasteiger partial charge in [-0.1, -0.05) is 0 Å². The average Bonchev–Trinajstić information content (AvgIpc) is 2.65. The molecule has 2 aliphatic rings. The van der Waals surface area contributed by atoms with Crippen molar-refractivity contribution in [2.45, 2.75) is 31.0 Å². The van der Waals surface area contributed by atoms with Gasteiger partial charge in [-0.05, 0) is 0 Å². The number of carbonyl (C=O) groups excluding carboxylic acids is 2. The number of hydrogen-bond donors (Lipinski definition) is 5. The third-order valence-corrected chi connectivity index (χ3v) is 3.66. The van der Waals surface area contributed by atoms with E-state index < -0.39 is 50.9 Å². The van der Waals surface area contributed by atoms with E-state index in [9.17, 15) is 19.3 Å². The largest absolute Gasteiger partial charge is 0.470 e. The average molecular weight is 372 g/mol. The standard InChI is InChI=1S/C9H15N2O9P.2Na/c12-3-4-7(20-21(16,17)18)6(14)8(19-4)11-2-1-5(13)10-9(11)15;;/h4,6-8,12,14H,1-3H2,(H,10,13,15)(H2,16,17,18);;/t4-,6-,7-,8-;;/m1../s1. The summed E-state index contributed by atoms with van der Waals surface area (Å²) >= 11 is 0. The first-order valence-corrected chi connectivity index (χ1v) is 7.55. The van der Waals surface area contributed by atoms with E-state index in [1.54, 1.807) is 0 Å². The Bertz CT molecular complexity index is 490. The minimum Gasteiger partial charge on any atom is -0.394 e. The van der Waals surface area contributed by atoms with Crippen LogP contribution in [0.25, 0.3) is 0 Å². The molecule has 2 saturated heterocycles. The number of phosphoric ester groups is 1. The van der Waals surface area contributed by atoms with Crippen LogP contribution in [0.4, 0.5) is 4.79 Å². The van der Waals surface area contributed by atoms with Crippen LogP contribution in [0.5, 0.6) is 0 Å². The number of carbonyl (C=O) groups is 2. The second-order valence-corrected chi connectivity index (χ2v) is 5.79. The van der Waals surface area contributed by atoms with Crippen molar-refractivity contribution < 1.29 is 43.4 Å². The van der Waals surface area contributed by atoms with E-state index in [1.165, 1.54) is 0 Å². The van der Waals surface area contributed by atoms with Crippen LogP contribution in [-0.4, -0.2) is 134 Å². The van der Waals surface area contributed by atoms with Gasteiger partial charge in [-0.2, -0.15) is 0 Å². The summed E-state index contributed by atoms with van der Waals surface area (Å²) in [4.78, 5) is 41.3. The van der Waals surface area contributed by atoms with Crippen molar-refractivity contribution in [1.29, 1.82) is 0 Å². The van der Waals surface area contributed by atoms with Gasteiger partial charge in [-0.3, -0.25) is 19.5 Å². The molecule has 2 aliphatic heterocycles. The fourth-order valence-electron chi connectivity index (χ4n) is 2.23. The Balaban J connectivity index is 0.00000242. The Kier molecular flexibility index (Phi) is 9.97. The van der Waals surface area contributed by atoms with Crippen LogP contribution < -0.4 is 5.32 Å². The summed E-state index contributed by atoms with van der Waals surface area (Å²) in [5.41, 5.74) is 0. The minimum absolute atomic E-state index is 0. The second-order valence-electron chi connectivity index (χ2n) is 4.60. The first-order valence-electron chi connectivity index (χ1n) is 6.01. The third kappa shape index (κ3) is 6.00. The number of urea groups is 1. The van der Waals surface area contributed by atoms with E-state index in [1.807, 2.05) is 5.32 Å². The summed E-state index contributed by atoms with van der Waals surface area (Å²) in [5, 5.41) is 21.2. The number of aliphatic hydroxyl groups is 2. The van der Waals surface area contributed by atoms with Crippen molar-refractivity contribution >= 4 is 78.9 Å². The number of nitrogens with one attached hydrogen (secondary N) is 1. The summed E-state index contributed by atoms with van der Waals surface area (Å²) in [6.07, 6.45) is -5.61. The van der Waals surface area contributed by atoms with Gasteiger partial charge in [0.15, 0.2) is 6.23 Å². The Morgan fingerprint density at radius 2 is 1.96 bits per heavy atom. The van der Waals surface area contributed by atoms with Gasteiger partial charge < -0.3 is 24.7 Å². The molecule has 0 aromatic rings. The normalized spacial score (nSPS) is 31.2. The van der Waals surface area contributed by atoms with Crippen LogP contribution >= 0.6 is 7.82 Å². The molecule has 2 fully saturated rings. The molecule has 2 rings (SSSR count). The molecule has 0 unspecified atom stereocenters. The quantitative estimate of drug-likeness (QED) is 0.251. The van der Waals surface area contributed by atoms with Crippen LogP contribution in [0.1, 0.15) is 6.42 Å². The zero-order valence-electron chi connectivity index (χ0n) is 12.7. The van der Waals surface area contributed by atoms with E-state index in [-0.39, 0.29) is 72.1 Å². The second kappa shape index (κ2) is 9.58. The molecule has 3 amide bonds. The molecule has 5 N–H and O–H groups in total. The maximum atomic E-state index is 11.7. The fraction of sp³-hybridized carbons (Fsp3) is 0.778. The molecule has 23 heavy (non-hydrogen) atoms. The van der Waals surface area contributed by atoms with Crippen molar-refractivity contribution in [3.63, 3.8) is 0 Å². The zero-order valence-corrected chi connectivity index (χ0v) is 17.5. The van der Waals surface area contributed by atoms with E-state index in [4.69, 9.17) is 19.6 Å². The van der Waals surface area contributed by atoms with E-state index in [0.29, 0.717) is 0 Å². The fourth-order valence-corrected chi connectivity index (χ4v) is 2.81. The third-order valence-electron chi connectivity index (χ3n) is 3.14. The van der Waals surface area contributed by atoms with Crippen LogP contribution in [-0.2, 0) is 18.6 Å². The van der Waals surface area contributed by atoms with Gasteiger partial charge in [-0.15, -0.1) is 0 Å². The predicted molar refractivity (Wildman–Crippen MR) is 75.0 cm³/mol. The van der Waals surface area contributed by atoms with Gasteiger partial charge in [0.05, 0.1) is 6.61 Å². The predicted octanol–water partition coefficient (Wildman–Crippen LogP) is -3.28. The van der Waals surface area contributed by atoms with Gasteiger partial charge in [-0.25, -0.2) is 9.36 Å². The molecule has 0 saturated carbocycles. The number of ether oxygens (including phenoxy) is 1. The van der Waals surface area contributed by atoms with Crippen LogP contribution in [0, 0.1) is 0 Å². The van der Waals surface area contributed by atoms with Crippen LogP contribution in [0.15, 0.2) is 0 Å². The first-order chi connectivity index (χ1) is 9.73.